The highest BCUT2D eigenvalue weighted by molar-refractivity contribution is 5.15. The summed E-state index contributed by atoms with van der Waals surface area (Å²) in [6.07, 6.45) is 53.4. The molecule has 2 nitrogen and oxygen atoms in total. The number of hydrogen-bond acceptors (Lipinski definition) is 0. The molecule has 0 amide bonds. The molecule has 282 valence electrons. The predicted octanol–water partition coefficient (Wildman–Crippen LogP) is 15.3. The fraction of sp³-hybridized carbons (Fsp3) is 0.809. The lowest BCUT2D eigenvalue weighted by molar-refractivity contribution is -0.704. The number of nitrogens with zero attached hydrogens (tertiary/aromatic N) is 2. The third-order valence-electron chi connectivity index (χ3n) is 11.0. The number of aromatic nitrogens is 2. The molecule has 0 spiro atoms. The Morgan fingerprint density at radius 2 is 0.755 bits per heavy atom. The molecular weight excluding hydrogens is 593 g/mol. The van der Waals surface area contributed by atoms with Gasteiger partial charge < -0.3 is 0 Å². The van der Waals surface area contributed by atoms with Crippen molar-refractivity contribution in [2.45, 2.75) is 245 Å². The van der Waals surface area contributed by atoms with E-state index in [0.717, 1.165) is 6.54 Å². The Morgan fingerprint density at radius 3 is 1.14 bits per heavy atom. The van der Waals surface area contributed by atoms with Gasteiger partial charge >= 0.3 is 0 Å². The summed E-state index contributed by atoms with van der Waals surface area (Å²) in [5, 5.41) is 0. The maximum atomic E-state index is 2.60. The van der Waals surface area contributed by atoms with Crippen molar-refractivity contribution < 1.29 is 4.57 Å². The van der Waals surface area contributed by atoms with Crippen LogP contribution >= 0.6 is 0 Å². The average molecular weight is 678 g/mol. The molecule has 1 aromatic heterocycles. The van der Waals surface area contributed by atoms with E-state index in [2.05, 4.69) is 65.7 Å². The zero-order chi connectivity index (χ0) is 34.7. The molecular formula is C47H85N2+. The highest BCUT2D eigenvalue weighted by Gasteiger charge is 2.17. The fourth-order valence-electron chi connectivity index (χ4n) is 7.75. The van der Waals surface area contributed by atoms with Gasteiger partial charge in [-0.05, 0) is 24.8 Å². The summed E-state index contributed by atoms with van der Waals surface area (Å²) in [5.74, 6) is 1.55. The molecule has 0 saturated heterocycles. The molecule has 0 bridgehead atoms. The van der Waals surface area contributed by atoms with Gasteiger partial charge in [0.25, 0.3) is 5.82 Å². The van der Waals surface area contributed by atoms with Crippen molar-refractivity contribution in [3.8, 4) is 0 Å². The van der Waals surface area contributed by atoms with Crippen LogP contribution in [0, 0.1) is 0 Å². The monoisotopic (exact) mass is 678 g/mol. The lowest BCUT2D eigenvalue weighted by atomic mass is 10.0. The Balaban J connectivity index is 1.52. The van der Waals surface area contributed by atoms with E-state index >= 15 is 0 Å². The summed E-state index contributed by atoms with van der Waals surface area (Å²) < 4.78 is 5.13. The van der Waals surface area contributed by atoms with Crippen LogP contribution in [0.4, 0.5) is 0 Å². The van der Waals surface area contributed by atoms with E-state index in [9.17, 15) is 0 Å². The Kier molecular flexibility index (Phi) is 29.9. The second-order valence-corrected chi connectivity index (χ2v) is 15.7. The standard InChI is InChI=1S/C47H85N2/c1-3-5-7-9-11-13-15-17-19-21-22-24-26-28-30-32-37-41-47-48(43-44-49(47)45-46-39-35-34-36-40-46)42-38-33-31-29-27-25-23-20-18-16-14-12-10-8-6-4-2/h34-36,39-40,43-44H,3-33,37-38,41-42,45H2,1-2H3/q+1. The first-order valence-corrected chi connectivity index (χ1v) is 22.5. The van der Waals surface area contributed by atoms with E-state index in [4.69, 9.17) is 0 Å². The number of aryl methyl sites for hydroxylation is 1. The normalized spacial score (nSPS) is 11.6. The average Bonchev–Trinajstić information content (AvgIpc) is 3.50. The number of hydrogen-bond donors (Lipinski definition) is 0. The highest BCUT2D eigenvalue weighted by atomic mass is 15.1. The minimum Gasteiger partial charge on any atom is -0.234 e. The van der Waals surface area contributed by atoms with Crippen molar-refractivity contribution in [1.29, 1.82) is 0 Å². The minimum atomic E-state index is 1.00. The van der Waals surface area contributed by atoms with Gasteiger partial charge in [0.05, 0.1) is 6.54 Å². The molecule has 49 heavy (non-hydrogen) atoms. The first-order chi connectivity index (χ1) is 24.3. The summed E-state index contributed by atoms with van der Waals surface area (Å²) in [5.41, 5.74) is 1.41. The van der Waals surface area contributed by atoms with Crippen molar-refractivity contribution in [3.63, 3.8) is 0 Å². The molecule has 0 saturated carbocycles. The van der Waals surface area contributed by atoms with Gasteiger partial charge in [-0.25, -0.2) is 9.13 Å². The molecule has 0 N–H and O–H groups in total. The van der Waals surface area contributed by atoms with Crippen molar-refractivity contribution >= 4 is 0 Å². The Morgan fingerprint density at radius 1 is 0.408 bits per heavy atom. The van der Waals surface area contributed by atoms with Gasteiger partial charge in [-0.15, -0.1) is 0 Å². The van der Waals surface area contributed by atoms with Gasteiger partial charge in [0.2, 0.25) is 0 Å². The van der Waals surface area contributed by atoms with E-state index < -0.39 is 0 Å². The zero-order valence-corrected chi connectivity index (χ0v) is 33.4. The second-order valence-electron chi connectivity index (χ2n) is 15.7. The molecule has 2 rings (SSSR count). The molecule has 1 aromatic carbocycles. The van der Waals surface area contributed by atoms with Crippen LogP contribution < -0.4 is 4.57 Å². The minimum absolute atomic E-state index is 1.00. The first kappa shape index (κ1) is 43.6. The molecule has 1 heterocycles. The summed E-state index contributed by atoms with van der Waals surface area (Å²) in [7, 11) is 0. The first-order valence-electron chi connectivity index (χ1n) is 22.5. The SMILES string of the molecule is CCCCCCCCCCCCCCCCCCCc1n(Cc2ccccc2)cc[n+]1CCCCCCCCCCCCCCCCCC. The summed E-state index contributed by atoms with van der Waals surface area (Å²) in [4.78, 5) is 0. The van der Waals surface area contributed by atoms with Gasteiger partial charge in [-0.3, -0.25) is 0 Å². The molecule has 2 heteroatoms. The Hall–Kier alpha value is -1.57. The van der Waals surface area contributed by atoms with Crippen LogP contribution in [0.1, 0.15) is 237 Å². The maximum Gasteiger partial charge on any atom is 0.256 e. The quantitative estimate of drug-likeness (QED) is 0.0497. The van der Waals surface area contributed by atoms with Crippen LogP contribution in [0.25, 0.3) is 0 Å². The smallest absolute Gasteiger partial charge is 0.234 e. The van der Waals surface area contributed by atoms with Crippen LogP contribution in [-0.4, -0.2) is 4.57 Å². The zero-order valence-electron chi connectivity index (χ0n) is 33.4. The van der Waals surface area contributed by atoms with Gasteiger partial charge in [0, 0.05) is 6.42 Å². The lowest BCUT2D eigenvalue weighted by Gasteiger charge is -2.07. The predicted molar refractivity (Wildman–Crippen MR) is 218 cm³/mol. The number of unbranched alkanes of at least 4 members (excludes halogenated alkanes) is 31. The highest BCUT2D eigenvalue weighted by Crippen LogP contribution is 2.16. The molecule has 0 unspecified atom stereocenters. The van der Waals surface area contributed by atoms with E-state index in [1.165, 1.54) is 230 Å². The second kappa shape index (κ2) is 33.6. The van der Waals surface area contributed by atoms with Gasteiger partial charge in [-0.2, -0.15) is 0 Å². The lowest BCUT2D eigenvalue weighted by Crippen LogP contribution is -2.37. The van der Waals surface area contributed by atoms with Gasteiger partial charge in [0.1, 0.15) is 18.9 Å². The van der Waals surface area contributed by atoms with Crippen LogP contribution in [0.15, 0.2) is 42.7 Å². The van der Waals surface area contributed by atoms with Gasteiger partial charge in [-0.1, -0.05) is 237 Å². The van der Waals surface area contributed by atoms with Gasteiger partial charge in [0.15, 0.2) is 0 Å². The number of rotatable bonds is 37. The third kappa shape index (κ3) is 25.1. The molecule has 0 fully saturated rings. The summed E-state index contributed by atoms with van der Waals surface area (Å²) in [6.45, 7) is 6.81. The topological polar surface area (TPSA) is 8.81 Å². The van der Waals surface area contributed by atoms with E-state index in [0.29, 0.717) is 0 Å². The Labute approximate surface area is 307 Å². The molecule has 0 atom stereocenters. The van der Waals surface area contributed by atoms with Crippen LogP contribution in [0.3, 0.4) is 0 Å². The fourth-order valence-corrected chi connectivity index (χ4v) is 7.75. The van der Waals surface area contributed by atoms with Crippen molar-refractivity contribution in [2.24, 2.45) is 0 Å². The van der Waals surface area contributed by atoms with Crippen molar-refractivity contribution in [1.82, 2.24) is 4.57 Å². The van der Waals surface area contributed by atoms with Crippen LogP contribution in [-0.2, 0) is 19.5 Å². The molecule has 2 aromatic rings. The van der Waals surface area contributed by atoms with Crippen LogP contribution in [0.2, 0.25) is 0 Å². The molecule has 0 aliphatic carbocycles. The van der Waals surface area contributed by atoms with Crippen molar-refractivity contribution in [2.75, 3.05) is 0 Å². The molecule has 0 aliphatic heterocycles. The summed E-state index contributed by atoms with van der Waals surface area (Å²) >= 11 is 0. The molecule has 0 aliphatic rings. The number of benzene rings is 1. The van der Waals surface area contributed by atoms with Crippen LogP contribution in [0.5, 0.6) is 0 Å². The van der Waals surface area contributed by atoms with Crippen molar-refractivity contribution in [3.05, 3.63) is 54.1 Å². The van der Waals surface area contributed by atoms with E-state index in [-0.39, 0.29) is 0 Å². The largest absolute Gasteiger partial charge is 0.256 e. The third-order valence-corrected chi connectivity index (χ3v) is 11.0. The number of imidazole rings is 1. The maximum absolute atomic E-state index is 2.60. The molecule has 0 radical (unpaired) electrons. The Bertz CT molecular complexity index is 931. The van der Waals surface area contributed by atoms with E-state index in [1.54, 1.807) is 5.82 Å². The summed E-state index contributed by atoms with van der Waals surface area (Å²) in [6, 6.07) is 11.0. The van der Waals surface area contributed by atoms with E-state index in [1.807, 2.05) is 0 Å².